The van der Waals surface area contributed by atoms with Gasteiger partial charge in [0.05, 0.1) is 5.69 Å². The number of nitrogens with one attached hydrogen (secondary N) is 1. The molecule has 1 N–H and O–H groups in total. The Bertz CT molecular complexity index is 883. The molecule has 3 rings (SSSR count). The first-order chi connectivity index (χ1) is 11.9. The van der Waals surface area contributed by atoms with E-state index in [-0.39, 0.29) is 17.5 Å². The van der Waals surface area contributed by atoms with Gasteiger partial charge in [-0.2, -0.15) is 0 Å². The minimum Gasteiger partial charge on any atom is -0.319 e. The van der Waals surface area contributed by atoms with Crippen molar-refractivity contribution < 1.29 is 9.18 Å². The molecule has 0 fully saturated rings. The molecule has 0 aliphatic heterocycles. The molecule has 0 aliphatic rings. The number of hydrogen-bond acceptors (Lipinski definition) is 3. The molecule has 0 radical (unpaired) electrons. The van der Waals surface area contributed by atoms with Crippen molar-refractivity contribution in [2.75, 3.05) is 5.32 Å². The number of anilines is 1. The summed E-state index contributed by atoms with van der Waals surface area (Å²) >= 11 is 0. The van der Waals surface area contributed by atoms with Crippen LogP contribution in [0.1, 0.15) is 41.8 Å². The smallest absolute Gasteiger partial charge is 0.295 e. The monoisotopic (exact) mass is 338 g/mol. The number of halogens is 1. The van der Waals surface area contributed by atoms with Crippen molar-refractivity contribution in [3.63, 3.8) is 0 Å². The normalized spacial score (nSPS) is 10.9. The van der Waals surface area contributed by atoms with Gasteiger partial charge >= 0.3 is 0 Å². The third kappa shape index (κ3) is 3.74. The van der Waals surface area contributed by atoms with Crippen LogP contribution in [0, 0.1) is 12.7 Å². The van der Waals surface area contributed by atoms with Crippen molar-refractivity contribution in [1.82, 2.24) is 14.8 Å². The van der Waals surface area contributed by atoms with Gasteiger partial charge in [0, 0.05) is 5.69 Å². The Hall–Kier alpha value is -3.02. The molecule has 0 aliphatic carbocycles. The molecule has 0 bridgehead atoms. The molecule has 1 heterocycles. The molecule has 5 nitrogen and oxygen atoms in total. The van der Waals surface area contributed by atoms with Crippen LogP contribution in [0.3, 0.4) is 0 Å². The highest BCUT2D eigenvalue weighted by atomic mass is 19.1. The molecule has 128 valence electrons. The summed E-state index contributed by atoms with van der Waals surface area (Å²) in [6.45, 7) is 5.97. The fourth-order valence-electron chi connectivity index (χ4n) is 2.45. The van der Waals surface area contributed by atoms with Crippen LogP contribution in [-0.2, 0) is 0 Å². The molecule has 0 saturated heterocycles. The zero-order valence-corrected chi connectivity index (χ0v) is 14.3. The van der Waals surface area contributed by atoms with E-state index < -0.39 is 0 Å². The minimum absolute atomic E-state index is 0.0646. The highest BCUT2D eigenvalue weighted by Gasteiger charge is 2.15. The van der Waals surface area contributed by atoms with Crippen LogP contribution in [0.2, 0.25) is 0 Å². The second-order valence-corrected chi connectivity index (χ2v) is 6.10. The first kappa shape index (κ1) is 16.8. The van der Waals surface area contributed by atoms with E-state index in [0.29, 0.717) is 23.1 Å². The van der Waals surface area contributed by atoms with Crippen molar-refractivity contribution in [2.24, 2.45) is 0 Å². The summed E-state index contributed by atoms with van der Waals surface area (Å²) in [4.78, 5) is 16.6. The number of rotatable bonds is 4. The van der Waals surface area contributed by atoms with Gasteiger partial charge in [0.25, 0.3) is 5.91 Å². The number of nitrogens with zero attached hydrogens (tertiary/aromatic N) is 3. The Morgan fingerprint density at radius 2 is 1.72 bits per heavy atom. The largest absolute Gasteiger partial charge is 0.319 e. The van der Waals surface area contributed by atoms with Crippen LogP contribution in [0.15, 0.2) is 48.5 Å². The first-order valence-electron chi connectivity index (χ1n) is 8.05. The van der Waals surface area contributed by atoms with Gasteiger partial charge in [-0.25, -0.2) is 14.1 Å². The number of carbonyl (C=O) groups is 1. The van der Waals surface area contributed by atoms with Crippen molar-refractivity contribution in [1.29, 1.82) is 0 Å². The maximum atomic E-state index is 13.0. The second kappa shape index (κ2) is 6.84. The second-order valence-electron chi connectivity index (χ2n) is 6.10. The SMILES string of the molecule is Cc1nc(C(=O)Nc2ccc(C(C)C)cc2)nn1-c1ccc(F)cc1. The third-order valence-corrected chi connectivity index (χ3v) is 3.88. The van der Waals surface area contributed by atoms with Gasteiger partial charge in [-0.15, -0.1) is 5.10 Å². The van der Waals surface area contributed by atoms with Gasteiger partial charge in [0.1, 0.15) is 11.6 Å². The molecule has 1 aromatic heterocycles. The lowest BCUT2D eigenvalue weighted by Crippen LogP contribution is -2.14. The molecule has 0 atom stereocenters. The molecule has 3 aromatic rings. The highest BCUT2D eigenvalue weighted by Crippen LogP contribution is 2.18. The molecule has 0 unspecified atom stereocenters. The standard InChI is InChI=1S/C19H19FN4O/c1-12(2)14-4-8-16(9-5-14)22-19(25)18-21-13(3)24(23-18)17-10-6-15(20)7-11-17/h4-12H,1-3H3,(H,22,25). The van der Waals surface area contributed by atoms with Crippen LogP contribution < -0.4 is 5.32 Å². The van der Waals surface area contributed by atoms with Crippen LogP contribution in [-0.4, -0.2) is 20.7 Å². The molecule has 0 spiro atoms. The van der Waals surface area contributed by atoms with Crippen LogP contribution in [0.5, 0.6) is 0 Å². The number of aromatic nitrogens is 3. The van der Waals surface area contributed by atoms with Gasteiger partial charge in [0.2, 0.25) is 5.82 Å². The number of hydrogen-bond donors (Lipinski definition) is 1. The minimum atomic E-state index is -0.388. The molecule has 6 heteroatoms. The van der Waals surface area contributed by atoms with Crippen molar-refractivity contribution >= 4 is 11.6 Å². The average Bonchev–Trinajstić information content (AvgIpc) is 2.98. The summed E-state index contributed by atoms with van der Waals surface area (Å²) in [6, 6.07) is 13.5. The maximum absolute atomic E-state index is 13.0. The van der Waals surface area contributed by atoms with Crippen molar-refractivity contribution in [3.05, 3.63) is 71.6 Å². The van der Waals surface area contributed by atoms with E-state index in [4.69, 9.17) is 0 Å². The highest BCUT2D eigenvalue weighted by molar-refractivity contribution is 6.01. The summed E-state index contributed by atoms with van der Waals surface area (Å²) in [5, 5.41) is 7.01. The molecule has 25 heavy (non-hydrogen) atoms. The van der Waals surface area contributed by atoms with E-state index in [1.165, 1.54) is 22.4 Å². The molecule has 0 saturated carbocycles. The van der Waals surface area contributed by atoms with Crippen molar-refractivity contribution in [3.8, 4) is 5.69 Å². The van der Waals surface area contributed by atoms with Crippen LogP contribution in [0.25, 0.3) is 5.69 Å². The Morgan fingerprint density at radius 1 is 1.08 bits per heavy atom. The van der Waals surface area contributed by atoms with E-state index in [1.807, 2.05) is 24.3 Å². The van der Waals surface area contributed by atoms with Crippen LogP contribution in [0.4, 0.5) is 10.1 Å². The van der Waals surface area contributed by atoms with Gasteiger partial charge in [-0.1, -0.05) is 26.0 Å². The summed E-state index contributed by atoms with van der Waals surface area (Å²) in [7, 11) is 0. The van der Waals surface area contributed by atoms with Gasteiger partial charge in [-0.3, -0.25) is 4.79 Å². The molecular formula is C19H19FN4O. The fourth-order valence-corrected chi connectivity index (χ4v) is 2.45. The van der Waals surface area contributed by atoms with Gasteiger partial charge < -0.3 is 5.32 Å². The summed E-state index contributed by atoms with van der Waals surface area (Å²) in [6.07, 6.45) is 0. The number of amides is 1. The maximum Gasteiger partial charge on any atom is 0.295 e. The van der Waals surface area contributed by atoms with E-state index in [9.17, 15) is 9.18 Å². The van der Waals surface area contributed by atoms with E-state index in [1.54, 1.807) is 19.1 Å². The lowest BCUT2D eigenvalue weighted by molar-refractivity contribution is 0.101. The fraction of sp³-hybridized carbons (Fsp3) is 0.211. The lowest BCUT2D eigenvalue weighted by Gasteiger charge is -2.07. The predicted molar refractivity (Wildman–Crippen MR) is 94.5 cm³/mol. The Labute approximate surface area is 145 Å². The Balaban J connectivity index is 1.79. The van der Waals surface area contributed by atoms with E-state index in [2.05, 4.69) is 29.2 Å². The number of aryl methyl sites for hydroxylation is 1. The zero-order valence-electron chi connectivity index (χ0n) is 14.3. The quantitative estimate of drug-likeness (QED) is 0.779. The Kier molecular flexibility index (Phi) is 4.61. The van der Waals surface area contributed by atoms with Gasteiger partial charge in [0.15, 0.2) is 0 Å². The average molecular weight is 338 g/mol. The van der Waals surface area contributed by atoms with E-state index in [0.717, 1.165) is 0 Å². The van der Waals surface area contributed by atoms with Gasteiger partial charge in [-0.05, 0) is 54.8 Å². The number of benzene rings is 2. The number of carbonyl (C=O) groups excluding carboxylic acids is 1. The third-order valence-electron chi connectivity index (χ3n) is 3.88. The van der Waals surface area contributed by atoms with E-state index >= 15 is 0 Å². The predicted octanol–water partition coefficient (Wildman–Crippen LogP) is 4.09. The summed E-state index contributed by atoms with van der Waals surface area (Å²) in [5.74, 6) is 0.327. The van der Waals surface area contributed by atoms with Crippen LogP contribution >= 0.6 is 0 Å². The summed E-state index contributed by atoms with van der Waals surface area (Å²) < 4.78 is 14.6. The molecule has 2 aromatic carbocycles. The lowest BCUT2D eigenvalue weighted by atomic mass is 10.0. The van der Waals surface area contributed by atoms with Crippen molar-refractivity contribution in [2.45, 2.75) is 26.7 Å². The summed E-state index contributed by atoms with van der Waals surface area (Å²) in [5.41, 5.74) is 2.53. The zero-order chi connectivity index (χ0) is 18.0. The Morgan fingerprint density at radius 3 is 2.32 bits per heavy atom. The topological polar surface area (TPSA) is 59.8 Å². The molecular weight excluding hydrogens is 319 g/mol. The molecule has 1 amide bonds. The first-order valence-corrected chi connectivity index (χ1v) is 8.05.